The average Bonchev–Trinajstić information content (AvgIpc) is 3.06. The van der Waals surface area contributed by atoms with E-state index in [-0.39, 0.29) is 11.7 Å². The number of ketones is 1. The minimum Gasteiger partial charge on any atom is -0.454 e. The number of nitrogens with zero attached hydrogens (tertiary/aromatic N) is 2. The summed E-state index contributed by atoms with van der Waals surface area (Å²) in [6.45, 7) is 2.35. The third-order valence-electron chi connectivity index (χ3n) is 6.35. The number of benzene rings is 1. The highest BCUT2D eigenvalue weighted by Crippen LogP contribution is 2.49. The molecule has 3 aliphatic heterocycles. The number of ether oxygens (including phenoxy) is 2. The Morgan fingerprint density at radius 2 is 2.04 bits per heavy atom. The van der Waals surface area contributed by atoms with Crippen LogP contribution in [0.3, 0.4) is 0 Å². The fourth-order valence-corrected chi connectivity index (χ4v) is 5.13. The predicted molar refractivity (Wildman–Crippen MR) is 85.5 cm³/mol. The van der Waals surface area contributed by atoms with Crippen molar-refractivity contribution >= 4 is 5.78 Å². The Labute approximate surface area is 141 Å². The molecule has 5 heteroatoms. The molecule has 0 radical (unpaired) electrons. The smallest absolute Gasteiger partial charge is 0.231 e. The van der Waals surface area contributed by atoms with Crippen molar-refractivity contribution in [3.05, 3.63) is 23.3 Å². The van der Waals surface area contributed by atoms with Crippen molar-refractivity contribution in [3.63, 3.8) is 0 Å². The first-order valence-electron chi connectivity index (χ1n) is 8.83. The molecule has 0 N–H and O–H groups in total. The molecule has 0 spiro atoms. The summed E-state index contributed by atoms with van der Waals surface area (Å²) in [5, 5.41) is 9.50. The number of rotatable bonds is 0. The molecule has 0 bridgehead atoms. The van der Waals surface area contributed by atoms with Crippen molar-refractivity contribution in [2.24, 2.45) is 17.8 Å². The van der Waals surface area contributed by atoms with Crippen LogP contribution in [0, 0.1) is 29.1 Å². The van der Waals surface area contributed by atoms with Gasteiger partial charge in [-0.25, -0.2) is 0 Å². The molecule has 1 saturated carbocycles. The first-order valence-corrected chi connectivity index (χ1v) is 8.83. The average molecular weight is 324 g/mol. The van der Waals surface area contributed by atoms with E-state index in [1.54, 1.807) is 0 Å². The maximum Gasteiger partial charge on any atom is 0.231 e. The van der Waals surface area contributed by atoms with Crippen LogP contribution in [0.5, 0.6) is 11.5 Å². The molecule has 1 aromatic carbocycles. The quantitative estimate of drug-likeness (QED) is 0.733. The molecular formula is C19H20N2O3. The van der Waals surface area contributed by atoms with Gasteiger partial charge in [0.05, 0.1) is 6.07 Å². The van der Waals surface area contributed by atoms with Crippen LogP contribution in [0.2, 0.25) is 0 Å². The zero-order valence-corrected chi connectivity index (χ0v) is 13.5. The molecule has 5 nitrogen and oxygen atoms in total. The Morgan fingerprint density at radius 3 is 2.88 bits per heavy atom. The van der Waals surface area contributed by atoms with E-state index in [9.17, 15) is 10.1 Å². The van der Waals surface area contributed by atoms with Crippen molar-refractivity contribution < 1.29 is 14.3 Å². The molecule has 3 heterocycles. The molecule has 2 fully saturated rings. The lowest BCUT2D eigenvalue weighted by atomic mass is 9.65. The minimum atomic E-state index is -0.412. The van der Waals surface area contributed by atoms with Gasteiger partial charge in [-0.2, -0.15) is 5.26 Å². The SMILES string of the molecule is N#C[C@@H]1C(=O)CC[C@@H]2CN3CCc4cc5c(cc4[C@@H]3C[C@@H]21)OCO5. The first kappa shape index (κ1) is 14.3. The standard InChI is InChI=1S/C19H20N2O3/c20-8-15-13-6-16-14-7-19-18(23-10-24-19)5-11(14)3-4-21(16)9-12(13)1-2-17(15)22/h5,7,12-13,15-16H,1-4,6,9-10H2/t12-,13+,15+,16+/m1/s1. The van der Waals surface area contributed by atoms with Crippen LogP contribution in [0.15, 0.2) is 12.1 Å². The van der Waals surface area contributed by atoms with Crippen molar-refractivity contribution in [2.45, 2.75) is 31.7 Å². The maximum absolute atomic E-state index is 12.2. The van der Waals surface area contributed by atoms with E-state index in [2.05, 4.69) is 23.1 Å². The third kappa shape index (κ3) is 1.99. The summed E-state index contributed by atoms with van der Waals surface area (Å²) in [5.41, 5.74) is 2.63. The lowest BCUT2D eigenvalue weighted by Crippen LogP contribution is -2.50. The number of fused-ring (bicyclic) bond motifs is 5. The first-order chi connectivity index (χ1) is 11.7. The fourth-order valence-electron chi connectivity index (χ4n) is 5.13. The number of nitriles is 1. The second-order valence-corrected chi connectivity index (χ2v) is 7.44. The summed E-state index contributed by atoms with van der Waals surface area (Å²) in [4.78, 5) is 14.7. The summed E-state index contributed by atoms with van der Waals surface area (Å²) in [6.07, 6.45) is 3.45. The third-order valence-corrected chi connectivity index (χ3v) is 6.35. The normalized spacial score (nSPS) is 34.0. The minimum absolute atomic E-state index is 0.147. The monoisotopic (exact) mass is 324 g/mol. The fraction of sp³-hybridized carbons (Fsp3) is 0.579. The lowest BCUT2D eigenvalue weighted by Gasteiger charge is -2.49. The molecule has 1 aliphatic carbocycles. The van der Waals surface area contributed by atoms with Gasteiger partial charge in [0.1, 0.15) is 11.7 Å². The van der Waals surface area contributed by atoms with E-state index in [1.165, 1.54) is 11.1 Å². The number of hydrogen-bond acceptors (Lipinski definition) is 5. The second-order valence-electron chi connectivity index (χ2n) is 7.44. The summed E-state index contributed by atoms with van der Waals surface area (Å²) in [7, 11) is 0. The molecule has 0 aromatic heterocycles. The Kier molecular flexibility index (Phi) is 3.11. The van der Waals surface area contributed by atoms with Crippen LogP contribution in [0.1, 0.15) is 36.4 Å². The van der Waals surface area contributed by atoms with E-state index in [4.69, 9.17) is 9.47 Å². The van der Waals surface area contributed by atoms with Crippen molar-refractivity contribution in [1.82, 2.24) is 4.90 Å². The Hall–Kier alpha value is -2.06. The molecule has 5 rings (SSSR count). The molecule has 124 valence electrons. The van der Waals surface area contributed by atoms with Gasteiger partial charge in [-0.05, 0) is 54.4 Å². The van der Waals surface area contributed by atoms with E-state index in [1.807, 2.05) is 0 Å². The van der Waals surface area contributed by atoms with Crippen molar-refractivity contribution in [3.8, 4) is 17.6 Å². The molecule has 4 aliphatic rings. The number of carbonyl (C=O) groups excluding carboxylic acids is 1. The van der Waals surface area contributed by atoms with Gasteiger partial charge in [-0.1, -0.05) is 0 Å². The Bertz CT molecular complexity index is 754. The molecule has 1 aromatic rings. The molecular weight excluding hydrogens is 304 g/mol. The molecule has 4 atom stereocenters. The molecule has 0 amide bonds. The summed E-state index contributed by atoms with van der Waals surface area (Å²) in [5.74, 6) is 2.10. The highest BCUT2D eigenvalue weighted by Gasteiger charge is 2.46. The summed E-state index contributed by atoms with van der Waals surface area (Å²) >= 11 is 0. The van der Waals surface area contributed by atoms with E-state index >= 15 is 0 Å². The van der Waals surface area contributed by atoms with Gasteiger partial charge in [0.2, 0.25) is 6.79 Å². The molecule has 0 unspecified atom stereocenters. The van der Waals surface area contributed by atoms with E-state index in [0.717, 1.165) is 43.9 Å². The van der Waals surface area contributed by atoms with E-state index < -0.39 is 5.92 Å². The van der Waals surface area contributed by atoms with Gasteiger partial charge in [0.15, 0.2) is 11.5 Å². The molecule has 24 heavy (non-hydrogen) atoms. The maximum atomic E-state index is 12.2. The lowest BCUT2D eigenvalue weighted by molar-refractivity contribution is -0.128. The Balaban J connectivity index is 1.51. The van der Waals surface area contributed by atoms with Crippen LogP contribution in [0.25, 0.3) is 0 Å². The topological polar surface area (TPSA) is 62.6 Å². The highest BCUT2D eigenvalue weighted by molar-refractivity contribution is 5.84. The van der Waals surface area contributed by atoms with Gasteiger partial charge in [0.25, 0.3) is 0 Å². The van der Waals surface area contributed by atoms with Gasteiger partial charge < -0.3 is 9.47 Å². The van der Waals surface area contributed by atoms with Gasteiger partial charge >= 0.3 is 0 Å². The number of piperidine rings is 1. The zero-order chi connectivity index (χ0) is 16.3. The van der Waals surface area contributed by atoms with Gasteiger partial charge in [0, 0.05) is 25.6 Å². The van der Waals surface area contributed by atoms with Gasteiger partial charge in [-0.15, -0.1) is 0 Å². The van der Waals surface area contributed by atoms with Crippen molar-refractivity contribution in [1.29, 1.82) is 5.26 Å². The summed E-state index contributed by atoms with van der Waals surface area (Å²) < 4.78 is 11.1. The number of Topliss-reactive ketones (excluding diaryl/α,β-unsaturated/α-hetero) is 1. The van der Waals surface area contributed by atoms with Crippen LogP contribution in [-0.4, -0.2) is 30.6 Å². The predicted octanol–water partition coefficient (Wildman–Crippen LogP) is 2.45. The van der Waals surface area contributed by atoms with Crippen LogP contribution < -0.4 is 9.47 Å². The number of carbonyl (C=O) groups is 1. The van der Waals surface area contributed by atoms with E-state index in [0.29, 0.717) is 25.2 Å². The number of hydrogen-bond donors (Lipinski definition) is 0. The van der Waals surface area contributed by atoms with Crippen LogP contribution >= 0.6 is 0 Å². The van der Waals surface area contributed by atoms with Crippen LogP contribution in [-0.2, 0) is 11.2 Å². The largest absolute Gasteiger partial charge is 0.454 e. The van der Waals surface area contributed by atoms with Crippen LogP contribution in [0.4, 0.5) is 0 Å². The summed E-state index contributed by atoms with van der Waals surface area (Å²) in [6, 6.07) is 6.84. The molecule has 1 saturated heterocycles. The van der Waals surface area contributed by atoms with Gasteiger partial charge in [-0.3, -0.25) is 9.69 Å². The van der Waals surface area contributed by atoms with Crippen molar-refractivity contribution in [2.75, 3.05) is 19.9 Å². The second kappa shape index (κ2) is 5.22. The zero-order valence-electron chi connectivity index (χ0n) is 13.5. The Morgan fingerprint density at radius 1 is 1.21 bits per heavy atom. The highest BCUT2D eigenvalue weighted by atomic mass is 16.7.